The van der Waals surface area contributed by atoms with Gasteiger partial charge in [0.15, 0.2) is 0 Å². The Bertz CT molecular complexity index is 1400. The fourth-order valence-corrected chi connectivity index (χ4v) is 3.82. The number of aromatic nitrogens is 3. The number of allylic oxidation sites excluding steroid dienone is 1. The van der Waals surface area contributed by atoms with Crippen molar-refractivity contribution in [3.8, 4) is 6.07 Å². The molecule has 0 saturated carbocycles. The van der Waals surface area contributed by atoms with E-state index in [-0.39, 0.29) is 0 Å². The number of H-pyrrole nitrogens is 1. The van der Waals surface area contributed by atoms with Crippen LogP contribution in [0, 0.1) is 11.3 Å². The van der Waals surface area contributed by atoms with Gasteiger partial charge in [-0.25, -0.2) is 4.98 Å². The monoisotopic (exact) mass is 408 g/mol. The molecule has 0 unspecified atom stereocenters. The van der Waals surface area contributed by atoms with Crippen LogP contribution in [0.4, 0.5) is 0 Å². The Hall–Kier alpha value is -3.81. The maximum absolute atomic E-state index is 9.81. The number of aromatic amines is 1. The van der Waals surface area contributed by atoms with Gasteiger partial charge in [-0.3, -0.25) is 0 Å². The van der Waals surface area contributed by atoms with E-state index in [0.717, 1.165) is 44.6 Å². The minimum atomic E-state index is 0.501. The number of hydrogen-bond donors (Lipinski definition) is 1. The summed E-state index contributed by atoms with van der Waals surface area (Å²) < 4.78 is 2.19. The summed E-state index contributed by atoms with van der Waals surface area (Å²) in [4.78, 5) is 7.82. The van der Waals surface area contributed by atoms with E-state index in [4.69, 9.17) is 11.6 Å². The maximum atomic E-state index is 9.81. The number of imidazole rings is 1. The van der Waals surface area contributed by atoms with Gasteiger partial charge in [0.2, 0.25) is 0 Å². The first-order valence-electron chi connectivity index (χ1n) is 9.60. The van der Waals surface area contributed by atoms with Gasteiger partial charge in [-0.05, 0) is 42.0 Å². The van der Waals surface area contributed by atoms with E-state index in [1.54, 1.807) is 0 Å². The lowest BCUT2D eigenvalue weighted by atomic mass is 10.1. The topological polar surface area (TPSA) is 57.4 Å². The first-order chi connectivity index (χ1) is 14.7. The molecule has 0 atom stereocenters. The summed E-state index contributed by atoms with van der Waals surface area (Å²) in [6, 6.07) is 26.1. The fraction of sp³-hybridized carbons (Fsp3) is 0.0400. The first-order valence-corrected chi connectivity index (χ1v) is 9.98. The summed E-state index contributed by atoms with van der Waals surface area (Å²) >= 11 is 6.02. The third kappa shape index (κ3) is 3.36. The van der Waals surface area contributed by atoms with Crippen molar-refractivity contribution in [2.45, 2.75) is 6.54 Å². The molecule has 5 aromatic rings. The number of nitrogens with zero attached hydrogens (tertiary/aromatic N) is 3. The molecule has 0 aliphatic carbocycles. The molecular weight excluding hydrogens is 392 g/mol. The van der Waals surface area contributed by atoms with E-state index in [1.165, 1.54) is 0 Å². The van der Waals surface area contributed by atoms with Gasteiger partial charge in [0.05, 0.1) is 16.6 Å². The van der Waals surface area contributed by atoms with Gasteiger partial charge in [0, 0.05) is 34.2 Å². The Morgan fingerprint density at radius 2 is 1.80 bits per heavy atom. The molecule has 0 radical (unpaired) electrons. The lowest BCUT2D eigenvalue weighted by Crippen LogP contribution is -1.97. The average Bonchev–Trinajstić information content (AvgIpc) is 3.35. The number of nitrogens with one attached hydrogen (secondary N) is 1. The van der Waals surface area contributed by atoms with Gasteiger partial charge in [-0.2, -0.15) is 5.26 Å². The van der Waals surface area contributed by atoms with Gasteiger partial charge in [0.1, 0.15) is 11.9 Å². The van der Waals surface area contributed by atoms with Crippen LogP contribution in [0.3, 0.4) is 0 Å². The molecule has 0 aliphatic heterocycles. The molecule has 0 saturated heterocycles. The minimum absolute atomic E-state index is 0.501. The smallest absolute Gasteiger partial charge is 0.149 e. The van der Waals surface area contributed by atoms with Crippen molar-refractivity contribution in [1.82, 2.24) is 14.5 Å². The zero-order chi connectivity index (χ0) is 20.5. The molecule has 5 heteroatoms. The minimum Gasteiger partial charge on any atom is -0.342 e. The third-order valence-corrected chi connectivity index (χ3v) is 5.40. The van der Waals surface area contributed by atoms with Crippen LogP contribution in [-0.2, 0) is 6.54 Å². The van der Waals surface area contributed by atoms with E-state index < -0.39 is 0 Å². The normalized spacial score (nSPS) is 11.8. The van der Waals surface area contributed by atoms with Crippen molar-refractivity contribution in [3.63, 3.8) is 0 Å². The van der Waals surface area contributed by atoms with Gasteiger partial charge < -0.3 is 9.55 Å². The van der Waals surface area contributed by atoms with Gasteiger partial charge >= 0.3 is 0 Å². The molecule has 1 N–H and O–H groups in total. The lowest BCUT2D eigenvalue weighted by molar-refractivity contribution is 0.836. The number of para-hydroxylation sites is 3. The number of hydrogen-bond acceptors (Lipinski definition) is 2. The van der Waals surface area contributed by atoms with Crippen molar-refractivity contribution in [3.05, 3.63) is 101 Å². The van der Waals surface area contributed by atoms with E-state index in [9.17, 15) is 5.26 Å². The molecular formula is C25H17ClN4. The Morgan fingerprint density at radius 3 is 2.60 bits per heavy atom. The summed E-state index contributed by atoms with van der Waals surface area (Å²) in [6.07, 6.45) is 3.98. The average molecular weight is 409 g/mol. The first kappa shape index (κ1) is 18.2. The van der Waals surface area contributed by atoms with Crippen LogP contribution in [0.25, 0.3) is 33.6 Å². The van der Waals surface area contributed by atoms with Crippen LogP contribution < -0.4 is 0 Å². The van der Waals surface area contributed by atoms with Crippen molar-refractivity contribution in [2.75, 3.05) is 0 Å². The standard InChI is InChI=1S/C25H17ClN4/c26-20-11-9-17(10-12-20)15-30-16-19(21-5-1-4-8-24(21)30)13-18(14-27)25-28-22-6-2-3-7-23(22)29-25/h1-13,16H,15H2,(H,28,29)/b18-13-. The summed E-state index contributed by atoms with van der Waals surface area (Å²) in [5, 5.41) is 11.6. The van der Waals surface area contributed by atoms with Gasteiger partial charge in [-0.1, -0.05) is 54.1 Å². The van der Waals surface area contributed by atoms with Crippen LogP contribution in [0.2, 0.25) is 5.02 Å². The highest BCUT2D eigenvalue weighted by Crippen LogP contribution is 2.27. The molecule has 0 aliphatic rings. The molecule has 144 valence electrons. The summed E-state index contributed by atoms with van der Waals surface area (Å²) in [5.41, 5.74) is 5.52. The van der Waals surface area contributed by atoms with Crippen LogP contribution in [-0.4, -0.2) is 14.5 Å². The highest BCUT2D eigenvalue weighted by Gasteiger charge is 2.11. The van der Waals surface area contributed by atoms with E-state index >= 15 is 0 Å². The number of benzene rings is 3. The van der Waals surface area contributed by atoms with Crippen LogP contribution in [0.1, 0.15) is 17.0 Å². The molecule has 2 heterocycles. The maximum Gasteiger partial charge on any atom is 0.149 e. The quantitative estimate of drug-likeness (QED) is 0.355. The van der Waals surface area contributed by atoms with E-state index in [2.05, 4.69) is 38.9 Å². The van der Waals surface area contributed by atoms with Gasteiger partial charge in [0.25, 0.3) is 0 Å². The molecule has 0 amide bonds. The zero-order valence-electron chi connectivity index (χ0n) is 16.0. The largest absolute Gasteiger partial charge is 0.342 e. The number of nitriles is 1. The Morgan fingerprint density at radius 1 is 1.03 bits per heavy atom. The highest BCUT2D eigenvalue weighted by atomic mass is 35.5. The molecule has 0 fully saturated rings. The number of rotatable bonds is 4. The summed E-state index contributed by atoms with van der Waals surface area (Å²) in [5.74, 6) is 0.577. The van der Waals surface area contributed by atoms with Crippen molar-refractivity contribution < 1.29 is 0 Å². The second kappa shape index (κ2) is 7.55. The van der Waals surface area contributed by atoms with Crippen molar-refractivity contribution in [1.29, 1.82) is 5.26 Å². The molecule has 4 nitrogen and oxygen atoms in total. The Labute approximate surface area is 178 Å². The molecule has 0 spiro atoms. The second-order valence-corrected chi connectivity index (χ2v) is 7.56. The molecule has 3 aromatic carbocycles. The van der Waals surface area contributed by atoms with E-state index in [0.29, 0.717) is 11.4 Å². The number of fused-ring (bicyclic) bond motifs is 2. The fourth-order valence-electron chi connectivity index (χ4n) is 3.70. The van der Waals surface area contributed by atoms with Crippen molar-refractivity contribution >= 4 is 45.2 Å². The van der Waals surface area contributed by atoms with Crippen LogP contribution in [0.15, 0.2) is 79.0 Å². The van der Waals surface area contributed by atoms with Gasteiger partial charge in [-0.15, -0.1) is 0 Å². The highest BCUT2D eigenvalue weighted by molar-refractivity contribution is 6.30. The summed E-state index contributed by atoms with van der Waals surface area (Å²) in [6.45, 7) is 0.720. The number of halogens is 1. The van der Waals surface area contributed by atoms with Crippen molar-refractivity contribution in [2.24, 2.45) is 0 Å². The zero-order valence-corrected chi connectivity index (χ0v) is 16.8. The molecule has 2 aromatic heterocycles. The van der Waals surface area contributed by atoms with Crippen LogP contribution in [0.5, 0.6) is 0 Å². The SMILES string of the molecule is N#C/C(=C/c1cn(Cc2ccc(Cl)cc2)c2ccccc12)c1nc2ccccc2[nH]1. The molecule has 0 bridgehead atoms. The Kier molecular flexibility index (Phi) is 4.59. The third-order valence-electron chi connectivity index (χ3n) is 5.15. The predicted molar refractivity (Wildman–Crippen MR) is 122 cm³/mol. The lowest BCUT2D eigenvalue weighted by Gasteiger charge is -2.05. The van der Waals surface area contributed by atoms with Crippen LogP contribution >= 0.6 is 11.6 Å². The molecule has 30 heavy (non-hydrogen) atoms. The Balaban J connectivity index is 1.59. The molecule has 5 rings (SSSR count). The van der Waals surface area contributed by atoms with E-state index in [1.807, 2.05) is 66.7 Å². The second-order valence-electron chi connectivity index (χ2n) is 7.13. The summed E-state index contributed by atoms with van der Waals surface area (Å²) in [7, 11) is 0. The predicted octanol–water partition coefficient (Wildman–Crippen LogP) is 6.28.